The summed E-state index contributed by atoms with van der Waals surface area (Å²) in [5.74, 6) is 0.496. The minimum Gasteiger partial charge on any atom is -0.375 e. The zero-order chi connectivity index (χ0) is 13.9. The molecule has 0 saturated carbocycles. The van der Waals surface area contributed by atoms with Gasteiger partial charge in [0.2, 0.25) is 0 Å². The second-order valence-corrected chi connectivity index (χ2v) is 6.53. The van der Waals surface area contributed by atoms with Crippen molar-refractivity contribution in [3.05, 3.63) is 46.7 Å². The Balaban J connectivity index is 0.00000161. The molecular formula is C15H19ClFN3S. The molecule has 21 heavy (non-hydrogen) atoms. The van der Waals surface area contributed by atoms with Gasteiger partial charge in [0, 0.05) is 24.2 Å². The number of aromatic nitrogens is 1. The number of nitrogens with two attached hydrogens (primary N) is 1. The first-order chi connectivity index (χ1) is 9.69. The van der Waals surface area contributed by atoms with Crippen LogP contribution in [0.15, 0.2) is 30.5 Å². The summed E-state index contributed by atoms with van der Waals surface area (Å²) in [5, 5.41) is 0.641. The third-order valence-corrected chi connectivity index (χ3v) is 4.57. The molecule has 1 saturated heterocycles. The fourth-order valence-electron chi connectivity index (χ4n) is 2.79. The molecule has 2 heterocycles. The molecule has 114 valence electrons. The summed E-state index contributed by atoms with van der Waals surface area (Å²) in [7, 11) is 0. The standard InChI is InChI=1S/C15H18FN3S.ClH/c16-13-3-1-11(2-4-13)7-12-5-6-19(9-12)10-14-8-18-15(17)20-14;/h1-4,8,12H,5-7,9-10H2,(H2,17,18);1H. The molecule has 0 radical (unpaired) electrons. The van der Waals surface area contributed by atoms with Crippen molar-refractivity contribution in [2.75, 3.05) is 18.8 Å². The number of thiazole rings is 1. The summed E-state index contributed by atoms with van der Waals surface area (Å²) in [6, 6.07) is 6.87. The van der Waals surface area contributed by atoms with Crippen LogP contribution in [-0.4, -0.2) is 23.0 Å². The predicted molar refractivity (Wildman–Crippen MR) is 87.3 cm³/mol. The van der Waals surface area contributed by atoms with Gasteiger partial charge in [-0.05, 0) is 43.0 Å². The summed E-state index contributed by atoms with van der Waals surface area (Å²) < 4.78 is 12.9. The van der Waals surface area contributed by atoms with Crippen molar-refractivity contribution >= 4 is 28.9 Å². The summed E-state index contributed by atoms with van der Waals surface area (Å²) in [5.41, 5.74) is 6.88. The molecule has 0 bridgehead atoms. The highest BCUT2D eigenvalue weighted by Crippen LogP contribution is 2.24. The first-order valence-corrected chi connectivity index (χ1v) is 7.67. The Kier molecular flexibility index (Phi) is 5.56. The largest absolute Gasteiger partial charge is 0.375 e. The lowest BCUT2D eigenvalue weighted by Gasteiger charge is -2.14. The Labute approximate surface area is 134 Å². The van der Waals surface area contributed by atoms with Gasteiger partial charge in [0.25, 0.3) is 0 Å². The van der Waals surface area contributed by atoms with E-state index in [0.29, 0.717) is 11.0 Å². The van der Waals surface area contributed by atoms with E-state index in [-0.39, 0.29) is 18.2 Å². The van der Waals surface area contributed by atoms with Crippen LogP contribution >= 0.6 is 23.7 Å². The van der Waals surface area contributed by atoms with Gasteiger partial charge < -0.3 is 5.73 Å². The minimum atomic E-state index is -0.162. The average Bonchev–Trinajstić information content (AvgIpc) is 3.02. The Bertz CT molecular complexity index is 573. The Hall–Kier alpha value is -1.17. The molecule has 6 heteroatoms. The molecule has 1 aromatic heterocycles. The highest BCUT2D eigenvalue weighted by atomic mass is 35.5. The lowest BCUT2D eigenvalue weighted by atomic mass is 9.99. The lowest BCUT2D eigenvalue weighted by Crippen LogP contribution is -2.20. The van der Waals surface area contributed by atoms with Crippen molar-refractivity contribution in [1.29, 1.82) is 0 Å². The molecule has 3 nitrogen and oxygen atoms in total. The van der Waals surface area contributed by atoms with Gasteiger partial charge in [-0.15, -0.1) is 23.7 Å². The number of likely N-dealkylation sites (tertiary alicyclic amines) is 1. The van der Waals surface area contributed by atoms with Crippen LogP contribution in [0.3, 0.4) is 0 Å². The van der Waals surface area contributed by atoms with E-state index in [0.717, 1.165) is 26.1 Å². The molecule has 3 rings (SSSR count). The average molecular weight is 328 g/mol. The molecule has 0 spiro atoms. The van der Waals surface area contributed by atoms with Crippen LogP contribution in [0.5, 0.6) is 0 Å². The molecule has 2 aromatic rings. The molecule has 1 unspecified atom stereocenters. The number of hydrogen-bond donors (Lipinski definition) is 1. The maximum atomic E-state index is 12.9. The third kappa shape index (κ3) is 4.40. The normalized spacial score (nSPS) is 18.6. The van der Waals surface area contributed by atoms with E-state index in [1.807, 2.05) is 18.3 Å². The fourth-order valence-corrected chi connectivity index (χ4v) is 3.52. The van der Waals surface area contributed by atoms with E-state index in [9.17, 15) is 4.39 Å². The van der Waals surface area contributed by atoms with E-state index in [1.165, 1.54) is 16.9 Å². The van der Waals surface area contributed by atoms with E-state index in [2.05, 4.69) is 9.88 Å². The van der Waals surface area contributed by atoms with Crippen LogP contribution in [0, 0.1) is 11.7 Å². The Morgan fingerprint density at radius 2 is 2.10 bits per heavy atom. The number of halogens is 2. The van der Waals surface area contributed by atoms with E-state index < -0.39 is 0 Å². The quantitative estimate of drug-likeness (QED) is 0.936. The number of benzene rings is 1. The van der Waals surface area contributed by atoms with Crippen LogP contribution in [0.25, 0.3) is 0 Å². The van der Waals surface area contributed by atoms with Crippen molar-refractivity contribution in [3.8, 4) is 0 Å². The SMILES string of the molecule is Cl.Nc1ncc(CN2CCC(Cc3ccc(F)cc3)C2)s1. The highest BCUT2D eigenvalue weighted by Gasteiger charge is 2.23. The molecule has 1 fully saturated rings. The number of rotatable bonds is 4. The van der Waals surface area contributed by atoms with Crippen LogP contribution in [0.1, 0.15) is 16.9 Å². The first kappa shape index (κ1) is 16.2. The van der Waals surface area contributed by atoms with Gasteiger partial charge in [0.05, 0.1) is 0 Å². The molecule has 1 aliphatic heterocycles. The molecular weight excluding hydrogens is 309 g/mol. The molecule has 1 aliphatic rings. The maximum Gasteiger partial charge on any atom is 0.180 e. The van der Waals surface area contributed by atoms with Gasteiger partial charge >= 0.3 is 0 Å². The van der Waals surface area contributed by atoms with Crippen LogP contribution in [0.2, 0.25) is 0 Å². The van der Waals surface area contributed by atoms with Crippen LogP contribution in [0.4, 0.5) is 9.52 Å². The number of nitrogens with zero attached hydrogens (tertiary/aromatic N) is 2. The summed E-state index contributed by atoms with van der Waals surface area (Å²) in [4.78, 5) is 7.76. The van der Waals surface area contributed by atoms with Gasteiger partial charge in [-0.2, -0.15) is 0 Å². The van der Waals surface area contributed by atoms with Crippen molar-refractivity contribution < 1.29 is 4.39 Å². The van der Waals surface area contributed by atoms with Crippen molar-refractivity contribution in [1.82, 2.24) is 9.88 Å². The molecule has 1 aromatic carbocycles. The Morgan fingerprint density at radius 1 is 1.33 bits per heavy atom. The van der Waals surface area contributed by atoms with Gasteiger partial charge in [-0.3, -0.25) is 4.90 Å². The Morgan fingerprint density at radius 3 is 2.76 bits per heavy atom. The fraction of sp³-hybridized carbons (Fsp3) is 0.400. The summed E-state index contributed by atoms with van der Waals surface area (Å²) in [6.45, 7) is 3.15. The molecule has 1 atom stereocenters. The number of anilines is 1. The number of hydrogen-bond acceptors (Lipinski definition) is 4. The predicted octanol–water partition coefficient (Wildman–Crippen LogP) is 3.35. The van der Waals surface area contributed by atoms with Gasteiger partial charge in [0.15, 0.2) is 5.13 Å². The monoisotopic (exact) mass is 327 g/mol. The van der Waals surface area contributed by atoms with E-state index >= 15 is 0 Å². The van der Waals surface area contributed by atoms with Gasteiger partial charge in [-0.25, -0.2) is 9.37 Å². The summed E-state index contributed by atoms with van der Waals surface area (Å²) >= 11 is 1.56. The lowest BCUT2D eigenvalue weighted by molar-refractivity contribution is 0.319. The topological polar surface area (TPSA) is 42.1 Å². The van der Waals surface area contributed by atoms with Gasteiger partial charge in [0.1, 0.15) is 5.82 Å². The van der Waals surface area contributed by atoms with Crippen LogP contribution in [-0.2, 0) is 13.0 Å². The minimum absolute atomic E-state index is 0. The van der Waals surface area contributed by atoms with E-state index in [1.54, 1.807) is 23.5 Å². The molecule has 0 amide bonds. The highest BCUT2D eigenvalue weighted by molar-refractivity contribution is 7.15. The van der Waals surface area contributed by atoms with Crippen molar-refractivity contribution in [2.45, 2.75) is 19.4 Å². The van der Waals surface area contributed by atoms with E-state index in [4.69, 9.17) is 5.73 Å². The first-order valence-electron chi connectivity index (χ1n) is 6.86. The maximum absolute atomic E-state index is 12.9. The van der Waals surface area contributed by atoms with Gasteiger partial charge in [-0.1, -0.05) is 12.1 Å². The smallest absolute Gasteiger partial charge is 0.180 e. The van der Waals surface area contributed by atoms with Crippen molar-refractivity contribution in [2.24, 2.45) is 5.92 Å². The molecule has 2 N–H and O–H groups in total. The van der Waals surface area contributed by atoms with Crippen LogP contribution < -0.4 is 5.73 Å². The summed E-state index contributed by atoms with van der Waals surface area (Å²) in [6.07, 6.45) is 4.10. The zero-order valence-electron chi connectivity index (χ0n) is 11.7. The number of nitrogen functional groups attached to an aromatic ring is 1. The zero-order valence-corrected chi connectivity index (χ0v) is 13.3. The molecule has 0 aliphatic carbocycles. The third-order valence-electron chi connectivity index (χ3n) is 3.76. The second-order valence-electron chi connectivity index (χ2n) is 5.39. The second kappa shape index (κ2) is 7.20. The van der Waals surface area contributed by atoms with Crippen molar-refractivity contribution in [3.63, 3.8) is 0 Å².